The summed E-state index contributed by atoms with van der Waals surface area (Å²) < 4.78 is 28.3. The lowest BCUT2D eigenvalue weighted by atomic mass is 10.2. The molecule has 1 aromatic carbocycles. The topological polar surface area (TPSA) is 38.3 Å². The van der Waals surface area contributed by atoms with Gasteiger partial charge in [-0.3, -0.25) is 4.79 Å². The van der Waals surface area contributed by atoms with Gasteiger partial charge >= 0.3 is 6.61 Å². The molecule has 1 aromatic rings. The average Bonchev–Trinajstić information content (AvgIpc) is 2.27. The van der Waals surface area contributed by atoms with Crippen LogP contribution in [0.4, 0.5) is 8.78 Å². The van der Waals surface area contributed by atoms with Crippen LogP contribution in [-0.2, 0) is 4.79 Å². The summed E-state index contributed by atoms with van der Waals surface area (Å²) in [6.07, 6.45) is 4.33. The molecule has 0 aliphatic heterocycles. The van der Waals surface area contributed by atoms with E-state index in [0.29, 0.717) is 13.0 Å². The lowest BCUT2D eigenvalue weighted by molar-refractivity contribution is -0.118. The lowest BCUT2D eigenvalue weighted by Gasteiger charge is -2.04. The minimum absolute atomic E-state index is 0.0734. The Hall–Kier alpha value is -1.91. The molecule has 0 fully saturated rings. The Morgan fingerprint density at radius 3 is 2.94 bits per heavy atom. The molecule has 98 valence electrons. The van der Waals surface area contributed by atoms with Crippen molar-refractivity contribution in [1.82, 2.24) is 5.32 Å². The third kappa shape index (κ3) is 5.98. The SMILES string of the molecule is CC(=O)NCCC=Cc1cccc(OC(F)F)c1. The van der Waals surface area contributed by atoms with Crippen molar-refractivity contribution >= 4 is 12.0 Å². The molecule has 0 saturated heterocycles. The van der Waals surface area contributed by atoms with Crippen LogP contribution in [0.1, 0.15) is 18.9 Å². The highest BCUT2D eigenvalue weighted by Gasteiger charge is 2.03. The fourth-order valence-corrected chi connectivity index (χ4v) is 1.35. The van der Waals surface area contributed by atoms with Gasteiger partial charge in [0.15, 0.2) is 0 Å². The Labute approximate surface area is 104 Å². The van der Waals surface area contributed by atoms with Crippen LogP contribution in [-0.4, -0.2) is 19.1 Å². The van der Waals surface area contributed by atoms with E-state index in [9.17, 15) is 13.6 Å². The van der Waals surface area contributed by atoms with Crippen LogP contribution in [0.5, 0.6) is 5.75 Å². The zero-order valence-electron chi connectivity index (χ0n) is 10.0. The van der Waals surface area contributed by atoms with Gasteiger partial charge in [-0.1, -0.05) is 24.3 Å². The zero-order chi connectivity index (χ0) is 13.4. The third-order valence-corrected chi connectivity index (χ3v) is 2.08. The molecule has 0 radical (unpaired) electrons. The van der Waals surface area contributed by atoms with Gasteiger partial charge in [0.2, 0.25) is 5.91 Å². The maximum Gasteiger partial charge on any atom is 0.387 e. The van der Waals surface area contributed by atoms with Crippen molar-refractivity contribution in [2.45, 2.75) is 20.0 Å². The summed E-state index contributed by atoms with van der Waals surface area (Å²) in [5.41, 5.74) is 0.774. The quantitative estimate of drug-likeness (QED) is 0.794. The summed E-state index contributed by atoms with van der Waals surface area (Å²) in [7, 11) is 0. The molecule has 0 aromatic heterocycles. The van der Waals surface area contributed by atoms with E-state index < -0.39 is 6.61 Å². The molecule has 0 aliphatic rings. The van der Waals surface area contributed by atoms with Gasteiger partial charge in [0.1, 0.15) is 5.75 Å². The first-order valence-corrected chi connectivity index (χ1v) is 5.54. The standard InChI is InChI=1S/C13H15F2NO2/c1-10(17)16-8-3-2-5-11-6-4-7-12(9-11)18-13(14)15/h2,4-7,9,13H,3,8H2,1H3,(H,16,17). The van der Waals surface area contributed by atoms with Crippen molar-refractivity contribution in [2.24, 2.45) is 0 Å². The van der Waals surface area contributed by atoms with Gasteiger partial charge in [0.05, 0.1) is 0 Å². The molecule has 1 N–H and O–H groups in total. The van der Waals surface area contributed by atoms with E-state index in [1.807, 2.05) is 6.08 Å². The molecule has 0 unspecified atom stereocenters. The Kier molecular flexibility index (Phi) is 5.84. The van der Waals surface area contributed by atoms with E-state index in [2.05, 4.69) is 10.1 Å². The monoisotopic (exact) mass is 255 g/mol. The number of rotatable bonds is 6. The average molecular weight is 255 g/mol. The highest BCUT2D eigenvalue weighted by atomic mass is 19.3. The molecule has 0 aliphatic carbocycles. The largest absolute Gasteiger partial charge is 0.435 e. The van der Waals surface area contributed by atoms with Gasteiger partial charge in [-0.15, -0.1) is 0 Å². The predicted molar refractivity (Wildman–Crippen MR) is 65.4 cm³/mol. The maximum atomic E-state index is 12.0. The van der Waals surface area contributed by atoms with Gasteiger partial charge in [-0.05, 0) is 24.1 Å². The number of halogens is 2. The molecule has 1 rings (SSSR count). The van der Waals surface area contributed by atoms with Crippen molar-refractivity contribution < 1.29 is 18.3 Å². The van der Waals surface area contributed by atoms with Gasteiger partial charge < -0.3 is 10.1 Å². The van der Waals surface area contributed by atoms with E-state index in [-0.39, 0.29) is 11.7 Å². The Bertz CT molecular complexity index is 419. The third-order valence-electron chi connectivity index (χ3n) is 2.08. The second kappa shape index (κ2) is 7.42. The molecular weight excluding hydrogens is 240 g/mol. The minimum Gasteiger partial charge on any atom is -0.435 e. The van der Waals surface area contributed by atoms with Gasteiger partial charge in [-0.2, -0.15) is 8.78 Å². The van der Waals surface area contributed by atoms with E-state index in [1.54, 1.807) is 18.2 Å². The zero-order valence-corrected chi connectivity index (χ0v) is 10.0. The van der Waals surface area contributed by atoms with Crippen molar-refractivity contribution in [3.63, 3.8) is 0 Å². The Morgan fingerprint density at radius 2 is 2.28 bits per heavy atom. The second-order valence-electron chi connectivity index (χ2n) is 3.63. The molecular formula is C13H15F2NO2. The van der Waals surface area contributed by atoms with Crippen LogP contribution in [0.15, 0.2) is 30.3 Å². The van der Waals surface area contributed by atoms with E-state index in [1.165, 1.54) is 19.1 Å². The van der Waals surface area contributed by atoms with Crippen LogP contribution in [0.25, 0.3) is 6.08 Å². The predicted octanol–water partition coefficient (Wildman–Crippen LogP) is 2.83. The fourth-order valence-electron chi connectivity index (χ4n) is 1.35. The number of carbonyl (C=O) groups is 1. The number of ether oxygens (including phenoxy) is 1. The van der Waals surface area contributed by atoms with Crippen LogP contribution in [0, 0.1) is 0 Å². The molecule has 0 spiro atoms. The minimum atomic E-state index is -2.82. The molecule has 1 amide bonds. The molecule has 5 heteroatoms. The molecule has 0 heterocycles. The van der Waals surface area contributed by atoms with Crippen molar-refractivity contribution in [3.05, 3.63) is 35.9 Å². The normalized spacial score (nSPS) is 10.9. The van der Waals surface area contributed by atoms with Crippen molar-refractivity contribution in [2.75, 3.05) is 6.54 Å². The van der Waals surface area contributed by atoms with Gasteiger partial charge in [-0.25, -0.2) is 0 Å². The first-order valence-electron chi connectivity index (χ1n) is 5.54. The van der Waals surface area contributed by atoms with Crippen LogP contribution < -0.4 is 10.1 Å². The summed E-state index contributed by atoms with van der Waals surface area (Å²) in [6.45, 7) is -0.808. The number of carbonyl (C=O) groups excluding carboxylic acids is 1. The van der Waals surface area contributed by atoms with Gasteiger partial charge in [0.25, 0.3) is 0 Å². The summed E-state index contributed by atoms with van der Waals surface area (Å²) in [5, 5.41) is 2.66. The molecule has 0 saturated carbocycles. The summed E-state index contributed by atoms with van der Waals surface area (Å²) in [6, 6.07) is 6.43. The number of alkyl halides is 2. The van der Waals surface area contributed by atoms with Crippen LogP contribution in [0.2, 0.25) is 0 Å². The number of hydrogen-bond acceptors (Lipinski definition) is 2. The summed E-state index contributed by atoms with van der Waals surface area (Å²) >= 11 is 0. The lowest BCUT2D eigenvalue weighted by Crippen LogP contribution is -2.20. The van der Waals surface area contributed by atoms with Gasteiger partial charge in [0, 0.05) is 13.5 Å². The summed E-state index contributed by atoms with van der Waals surface area (Å²) in [5.74, 6) is 0.0599. The molecule has 18 heavy (non-hydrogen) atoms. The number of nitrogens with one attached hydrogen (secondary N) is 1. The van der Waals surface area contributed by atoms with E-state index in [0.717, 1.165) is 5.56 Å². The molecule has 0 atom stereocenters. The number of hydrogen-bond donors (Lipinski definition) is 1. The number of benzene rings is 1. The van der Waals surface area contributed by atoms with E-state index >= 15 is 0 Å². The van der Waals surface area contributed by atoms with E-state index in [4.69, 9.17) is 0 Å². The Morgan fingerprint density at radius 1 is 1.50 bits per heavy atom. The van der Waals surface area contributed by atoms with Crippen molar-refractivity contribution in [3.8, 4) is 5.75 Å². The molecule has 0 bridgehead atoms. The Balaban J connectivity index is 2.46. The van der Waals surface area contributed by atoms with Crippen LogP contribution >= 0.6 is 0 Å². The first kappa shape index (κ1) is 14.2. The molecule has 3 nitrogen and oxygen atoms in total. The fraction of sp³-hybridized carbons (Fsp3) is 0.308. The van der Waals surface area contributed by atoms with Crippen molar-refractivity contribution in [1.29, 1.82) is 0 Å². The number of amides is 1. The summed E-state index contributed by atoms with van der Waals surface area (Å²) in [4.78, 5) is 10.6. The van der Waals surface area contributed by atoms with Crippen LogP contribution in [0.3, 0.4) is 0 Å². The highest BCUT2D eigenvalue weighted by Crippen LogP contribution is 2.16. The smallest absolute Gasteiger partial charge is 0.387 e. The maximum absolute atomic E-state index is 12.0. The first-order chi connectivity index (χ1) is 8.58. The second-order valence-corrected chi connectivity index (χ2v) is 3.63. The highest BCUT2D eigenvalue weighted by molar-refractivity contribution is 5.72.